The number of aromatic nitrogens is 2. The van der Waals surface area contributed by atoms with E-state index in [0.29, 0.717) is 6.04 Å². The lowest BCUT2D eigenvalue weighted by atomic mass is 10.1. The Labute approximate surface area is 132 Å². The molecule has 21 heavy (non-hydrogen) atoms. The Morgan fingerprint density at radius 2 is 1.86 bits per heavy atom. The lowest BCUT2D eigenvalue weighted by Gasteiger charge is -2.31. The first-order valence-corrected chi connectivity index (χ1v) is 7.98. The maximum Gasteiger partial charge on any atom is 0.219 e. The lowest BCUT2D eigenvalue weighted by Crippen LogP contribution is -2.37. The van der Waals surface area contributed by atoms with Crippen molar-refractivity contribution in [3.63, 3.8) is 0 Å². The fourth-order valence-corrected chi connectivity index (χ4v) is 3.04. The number of piperidine rings is 1. The van der Waals surface area contributed by atoms with Crippen LogP contribution in [0.5, 0.6) is 0 Å². The number of amides is 1. The average molecular weight is 348 g/mol. The number of halogens is 1. The second-order valence-corrected chi connectivity index (χ2v) is 6.37. The van der Waals surface area contributed by atoms with Crippen LogP contribution in [0.2, 0.25) is 0 Å². The van der Waals surface area contributed by atoms with Gasteiger partial charge in [-0.15, -0.1) is 0 Å². The van der Waals surface area contributed by atoms with Crippen LogP contribution in [0.1, 0.15) is 25.8 Å². The molecule has 0 spiro atoms. The molecular weight excluding hydrogens is 330 g/mol. The number of hydrogen-bond donors (Lipinski definition) is 0. The van der Waals surface area contributed by atoms with Crippen molar-refractivity contribution in [1.82, 2.24) is 14.7 Å². The highest BCUT2D eigenvalue weighted by Gasteiger charge is 2.22. The maximum atomic E-state index is 11.4. The fraction of sp³-hybridized carbons (Fsp3) is 0.375. The van der Waals surface area contributed by atoms with E-state index in [1.807, 2.05) is 23.2 Å². The lowest BCUT2D eigenvalue weighted by molar-refractivity contribution is -0.130. The molecule has 0 saturated carbocycles. The molecule has 2 heterocycles. The molecule has 1 aliphatic heterocycles. The Bertz CT molecular complexity index is 627. The van der Waals surface area contributed by atoms with Crippen molar-refractivity contribution in [1.29, 1.82) is 0 Å². The van der Waals surface area contributed by atoms with Gasteiger partial charge < -0.3 is 4.90 Å². The van der Waals surface area contributed by atoms with Crippen molar-refractivity contribution in [3.05, 3.63) is 41.1 Å². The molecule has 1 saturated heterocycles. The maximum absolute atomic E-state index is 11.4. The largest absolute Gasteiger partial charge is 0.343 e. The monoisotopic (exact) mass is 347 g/mol. The van der Waals surface area contributed by atoms with Gasteiger partial charge in [-0.2, -0.15) is 5.10 Å². The third-order valence-corrected chi connectivity index (χ3v) is 4.59. The molecule has 1 amide bonds. The Kier molecular flexibility index (Phi) is 4.10. The number of nitrogens with zero attached hydrogens (tertiary/aromatic N) is 3. The third kappa shape index (κ3) is 3.18. The Morgan fingerprint density at radius 1 is 1.19 bits per heavy atom. The smallest absolute Gasteiger partial charge is 0.219 e. The molecule has 0 atom stereocenters. The van der Waals surface area contributed by atoms with E-state index in [0.717, 1.165) is 36.0 Å². The number of likely N-dealkylation sites (tertiary alicyclic amines) is 1. The number of carbonyl (C=O) groups excluding carboxylic acids is 1. The van der Waals surface area contributed by atoms with Gasteiger partial charge in [0, 0.05) is 36.2 Å². The minimum atomic E-state index is 0.171. The highest BCUT2D eigenvalue weighted by molar-refractivity contribution is 9.10. The number of rotatable bonds is 2. The van der Waals surface area contributed by atoms with E-state index in [1.165, 1.54) is 5.56 Å². The summed E-state index contributed by atoms with van der Waals surface area (Å²) in [5, 5.41) is 4.51. The van der Waals surface area contributed by atoms with Gasteiger partial charge in [0.25, 0.3) is 0 Å². The number of benzene rings is 1. The fourth-order valence-electron chi connectivity index (χ4n) is 2.77. The summed E-state index contributed by atoms with van der Waals surface area (Å²) < 4.78 is 3.13. The van der Waals surface area contributed by atoms with Crippen LogP contribution in [0.4, 0.5) is 0 Å². The van der Waals surface area contributed by atoms with Gasteiger partial charge in [0.05, 0.1) is 12.2 Å². The summed E-state index contributed by atoms with van der Waals surface area (Å²) in [5.41, 5.74) is 2.31. The van der Waals surface area contributed by atoms with E-state index in [9.17, 15) is 4.79 Å². The molecule has 3 rings (SSSR count). The van der Waals surface area contributed by atoms with Crippen LogP contribution in [0.3, 0.4) is 0 Å². The van der Waals surface area contributed by atoms with Gasteiger partial charge in [-0.25, -0.2) is 0 Å². The van der Waals surface area contributed by atoms with E-state index >= 15 is 0 Å². The standard InChI is InChI=1S/C16H18BrN3O/c1-12(21)19-8-6-16(7-9-19)20-11-14(10-18-20)13-2-4-15(17)5-3-13/h2-5,10-11,16H,6-9H2,1H3. The highest BCUT2D eigenvalue weighted by atomic mass is 79.9. The molecule has 110 valence electrons. The summed E-state index contributed by atoms with van der Waals surface area (Å²) in [6.45, 7) is 3.29. The zero-order valence-electron chi connectivity index (χ0n) is 12.0. The highest BCUT2D eigenvalue weighted by Crippen LogP contribution is 2.26. The Hall–Kier alpha value is -1.62. The summed E-state index contributed by atoms with van der Waals surface area (Å²) in [4.78, 5) is 13.3. The van der Waals surface area contributed by atoms with Crippen LogP contribution in [0, 0.1) is 0 Å². The molecule has 1 aliphatic rings. The third-order valence-electron chi connectivity index (χ3n) is 4.06. The van der Waals surface area contributed by atoms with Gasteiger partial charge in [-0.3, -0.25) is 9.48 Å². The first-order valence-electron chi connectivity index (χ1n) is 7.19. The Balaban J connectivity index is 1.71. The van der Waals surface area contributed by atoms with Crippen LogP contribution < -0.4 is 0 Å². The molecule has 0 radical (unpaired) electrons. The van der Waals surface area contributed by atoms with Gasteiger partial charge >= 0.3 is 0 Å². The first-order chi connectivity index (χ1) is 10.1. The van der Waals surface area contributed by atoms with E-state index < -0.39 is 0 Å². The summed E-state index contributed by atoms with van der Waals surface area (Å²) in [5.74, 6) is 0.171. The van der Waals surface area contributed by atoms with Crippen molar-refractivity contribution in [3.8, 4) is 11.1 Å². The van der Waals surface area contributed by atoms with Crippen LogP contribution in [0.25, 0.3) is 11.1 Å². The summed E-state index contributed by atoms with van der Waals surface area (Å²) >= 11 is 3.45. The van der Waals surface area contributed by atoms with Gasteiger partial charge in [-0.05, 0) is 30.5 Å². The van der Waals surface area contributed by atoms with Gasteiger partial charge in [0.15, 0.2) is 0 Å². The van der Waals surface area contributed by atoms with Crippen LogP contribution in [-0.4, -0.2) is 33.7 Å². The zero-order chi connectivity index (χ0) is 14.8. The number of carbonyl (C=O) groups is 1. The van der Waals surface area contributed by atoms with Gasteiger partial charge in [0.1, 0.15) is 0 Å². The minimum absolute atomic E-state index is 0.171. The van der Waals surface area contributed by atoms with Crippen molar-refractivity contribution < 1.29 is 4.79 Å². The molecule has 0 aliphatic carbocycles. The normalized spacial score (nSPS) is 16.2. The van der Waals surface area contributed by atoms with Crippen molar-refractivity contribution in [2.75, 3.05) is 13.1 Å². The van der Waals surface area contributed by atoms with Crippen molar-refractivity contribution in [2.45, 2.75) is 25.8 Å². The zero-order valence-corrected chi connectivity index (χ0v) is 13.6. The van der Waals surface area contributed by atoms with E-state index in [1.54, 1.807) is 6.92 Å². The topological polar surface area (TPSA) is 38.1 Å². The molecule has 1 fully saturated rings. The van der Waals surface area contributed by atoms with E-state index in [4.69, 9.17) is 0 Å². The average Bonchev–Trinajstić information content (AvgIpc) is 2.98. The molecule has 0 bridgehead atoms. The van der Waals surface area contributed by atoms with Crippen LogP contribution >= 0.6 is 15.9 Å². The molecule has 5 heteroatoms. The van der Waals surface area contributed by atoms with Gasteiger partial charge in [0.2, 0.25) is 5.91 Å². The quantitative estimate of drug-likeness (QED) is 0.833. The molecule has 0 N–H and O–H groups in total. The molecule has 0 unspecified atom stereocenters. The van der Waals surface area contributed by atoms with E-state index in [-0.39, 0.29) is 5.91 Å². The molecule has 2 aromatic rings. The summed E-state index contributed by atoms with van der Waals surface area (Å²) in [7, 11) is 0. The molecule has 1 aromatic carbocycles. The van der Waals surface area contributed by atoms with E-state index in [2.05, 4.69) is 44.0 Å². The summed E-state index contributed by atoms with van der Waals surface area (Å²) in [6, 6.07) is 8.65. The van der Waals surface area contributed by atoms with Gasteiger partial charge in [-0.1, -0.05) is 28.1 Å². The minimum Gasteiger partial charge on any atom is -0.343 e. The summed E-state index contributed by atoms with van der Waals surface area (Å²) in [6.07, 6.45) is 5.97. The first kappa shape index (κ1) is 14.3. The SMILES string of the molecule is CC(=O)N1CCC(n2cc(-c3ccc(Br)cc3)cn2)CC1. The second kappa shape index (κ2) is 6.02. The number of hydrogen-bond acceptors (Lipinski definition) is 2. The predicted molar refractivity (Wildman–Crippen MR) is 85.9 cm³/mol. The van der Waals surface area contributed by atoms with Crippen molar-refractivity contribution in [2.24, 2.45) is 0 Å². The molecular formula is C16H18BrN3O. The Morgan fingerprint density at radius 3 is 2.48 bits per heavy atom. The van der Waals surface area contributed by atoms with Crippen molar-refractivity contribution >= 4 is 21.8 Å². The van der Waals surface area contributed by atoms with Crippen LogP contribution in [-0.2, 0) is 4.79 Å². The second-order valence-electron chi connectivity index (χ2n) is 5.45. The predicted octanol–water partition coefficient (Wildman–Crippen LogP) is 3.50. The van der Waals surface area contributed by atoms with Crippen LogP contribution in [0.15, 0.2) is 41.1 Å². The molecule has 1 aromatic heterocycles. The molecule has 4 nitrogen and oxygen atoms in total.